The highest BCUT2D eigenvalue weighted by atomic mass is 35.5. The number of carbonyl (C=O) groups is 1. The van der Waals surface area contributed by atoms with Gasteiger partial charge in [0.1, 0.15) is 16.7 Å². The van der Waals surface area contributed by atoms with Gasteiger partial charge in [0, 0.05) is 6.07 Å². The first-order chi connectivity index (χ1) is 13.5. The van der Waals surface area contributed by atoms with Crippen LogP contribution in [0.4, 0.5) is 10.5 Å². The molecule has 0 aliphatic rings. The van der Waals surface area contributed by atoms with Gasteiger partial charge in [0.05, 0.1) is 38.5 Å². The predicted molar refractivity (Wildman–Crippen MR) is 110 cm³/mol. The minimum Gasteiger partial charge on any atom is -0.410 e. The molecule has 0 aliphatic heterocycles. The Hall–Kier alpha value is -2.80. The molecule has 0 saturated carbocycles. The molecule has 0 saturated heterocycles. The molecular formula is C19H11Cl3N4O2. The van der Waals surface area contributed by atoms with Gasteiger partial charge in [0.25, 0.3) is 0 Å². The topological polar surface area (TPSA) is 79.9 Å². The molecule has 2 heterocycles. The van der Waals surface area contributed by atoms with Crippen LogP contribution >= 0.6 is 34.8 Å². The summed E-state index contributed by atoms with van der Waals surface area (Å²) in [6.07, 6.45) is 0.777. The van der Waals surface area contributed by atoms with Crippen molar-refractivity contribution in [2.75, 3.05) is 5.32 Å². The number of nitrogens with one attached hydrogen (secondary N) is 2. The lowest BCUT2D eigenvalue weighted by atomic mass is 10.2. The van der Waals surface area contributed by atoms with E-state index in [1.54, 1.807) is 48.5 Å². The van der Waals surface area contributed by atoms with Crippen LogP contribution in [0.15, 0.2) is 54.7 Å². The second-order valence-corrected chi connectivity index (χ2v) is 6.95. The number of aromatic nitrogens is 3. The fourth-order valence-electron chi connectivity index (χ4n) is 2.59. The molecule has 0 fully saturated rings. The smallest absolute Gasteiger partial charge is 0.410 e. The SMILES string of the molecule is O=C(Nc1ccc(Cl)nc1)Oc1ccc2nc(-c3c(Cl)cccc3Cl)[nH]c2c1. The molecule has 6 nitrogen and oxygen atoms in total. The summed E-state index contributed by atoms with van der Waals surface area (Å²) in [7, 11) is 0. The number of amides is 1. The maximum atomic E-state index is 12.1. The van der Waals surface area contributed by atoms with E-state index in [4.69, 9.17) is 39.5 Å². The van der Waals surface area contributed by atoms with Gasteiger partial charge >= 0.3 is 6.09 Å². The number of benzene rings is 2. The third-order valence-corrected chi connectivity index (χ3v) is 4.69. The largest absolute Gasteiger partial charge is 0.417 e. The first kappa shape index (κ1) is 18.6. The van der Waals surface area contributed by atoms with E-state index in [0.717, 1.165) is 0 Å². The fourth-order valence-corrected chi connectivity index (χ4v) is 3.28. The van der Waals surface area contributed by atoms with Crippen LogP contribution in [0.25, 0.3) is 22.4 Å². The van der Waals surface area contributed by atoms with Gasteiger partial charge in [-0.1, -0.05) is 40.9 Å². The van der Waals surface area contributed by atoms with E-state index in [2.05, 4.69) is 20.3 Å². The highest BCUT2D eigenvalue weighted by molar-refractivity contribution is 6.39. The lowest BCUT2D eigenvalue weighted by Gasteiger charge is -2.06. The summed E-state index contributed by atoms with van der Waals surface area (Å²) in [4.78, 5) is 23.6. The Morgan fingerprint density at radius 3 is 2.54 bits per heavy atom. The molecule has 4 aromatic rings. The molecule has 2 N–H and O–H groups in total. The molecule has 1 amide bonds. The average Bonchev–Trinajstić information content (AvgIpc) is 3.06. The second kappa shape index (κ2) is 7.67. The lowest BCUT2D eigenvalue weighted by Crippen LogP contribution is -2.16. The van der Waals surface area contributed by atoms with Crippen LogP contribution in [-0.4, -0.2) is 21.0 Å². The van der Waals surface area contributed by atoms with Gasteiger partial charge in [0.15, 0.2) is 0 Å². The van der Waals surface area contributed by atoms with Gasteiger partial charge in [-0.15, -0.1) is 0 Å². The maximum Gasteiger partial charge on any atom is 0.417 e. The third-order valence-electron chi connectivity index (χ3n) is 3.84. The molecule has 0 atom stereocenters. The number of halogens is 3. The van der Waals surface area contributed by atoms with Crippen LogP contribution < -0.4 is 10.1 Å². The number of carbonyl (C=O) groups excluding carboxylic acids is 1. The van der Waals surface area contributed by atoms with Gasteiger partial charge in [-0.2, -0.15) is 0 Å². The molecule has 4 rings (SSSR count). The maximum absolute atomic E-state index is 12.1. The average molecular weight is 434 g/mol. The van der Waals surface area contributed by atoms with E-state index in [-0.39, 0.29) is 0 Å². The highest BCUT2D eigenvalue weighted by Crippen LogP contribution is 2.34. The van der Waals surface area contributed by atoms with Gasteiger partial charge in [0.2, 0.25) is 0 Å². The molecular weight excluding hydrogens is 423 g/mol. The Morgan fingerprint density at radius 2 is 1.82 bits per heavy atom. The van der Waals surface area contributed by atoms with Crippen LogP contribution in [0, 0.1) is 0 Å². The summed E-state index contributed by atoms with van der Waals surface area (Å²) in [6, 6.07) is 13.5. The quantitative estimate of drug-likeness (QED) is 0.377. The number of H-pyrrole nitrogens is 1. The summed E-state index contributed by atoms with van der Waals surface area (Å²) < 4.78 is 5.31. The van der Waals surface area contributed by atoms with E-state index in [1.165, 1.54) is 6.20 Å². The monoisotopic (exact) mass is 432 g/mol. The zero-order chi connectivity index (χ0) is 19.7. The number of nitrogens with zero attached hydrogens (tertiary/aromatic N) is 2. The van der Waals surface area contributed by atoms with E-state index < -0.39 is 6.09 Å². The molecule has 0 bridgehead atoms. The van der Waals surface area contributed by atoms with Gasteiger partial charge in [-0.05, 0) is 36.4 Å². The number of fused-ring (bicyclic) bond motifs is 1. The van der Waals surface area contributed by atoms with Crippen molar-refractivity contribution in [2.24, 2.45) is 0 Å². The van der Waals surface area contributed by atoms with Crippen molar-refractivity contribution in [2.45, 2.75) is 0 Å². The Labute approximate surface area is 174 Å². The summed E-state index contributed by atoms with van der Waals surface area (Å²) in [5.41, 5.74) is 2.43. The number of anilines is 1. The normalized spacial score (nSPS) is 10.8. The Balaban J connectivity index is 1.56. The first-order valence-electron chi connectivity index (χ1n) is 8.04. The van der Waals surface area contributed by atoms with Crippen molar-refractivity contribution in [1.29, 1.82) is 0 Å². The number of aromatic amines is 1. The molecule has 2 aromatic heterocycles. The van der Waals surface area contributed by atoms with Crippen LogP contribution in [0.3, 0.4) is 0 Å². The van der Waals surface area contributed by atoms with Crippen LogP contribution in [0.5, 0.6) is 5.75 Å². The van der Waals surface area contributed by atoms with Gasteiger partial charge in [-0.25, -0.2) is 14.8 Å². The zero-order valence-corrected chi connectivity index (χ0v) is 16.3. The van der Waals surface area contributed by atoms with E-state index >= 15 is 0 Å². The van der Waals surface area contributed by atoms with Gasteiger partial charge < -0.3 is 9.72 Å². The standard InChI is InChI=1S/C19H11Cl3N4O2/c20-12-2-1-3-13(21)17(12)18-25-14-6-5-11(8-15(14)26-18)28-19(27)24-10-4-7-16(22)23-9-10/h1-9H,(H,24,27)(H,25,26). The van der Waals surface area contributed by atoms with Crippen molar-refractivity contribution in [3.8, 4) is 17.1 Å². The van der Waals surface area contributed by atoms with Crippen molar-refractivity contribution < 1.29 is 9.53 Å². The summed E-state index contributed by atoms with van der Waals surface area (Å²) in [6.45, 7) is 0. The second-order valence-electron chi connectivity index (χ2n) is 5.75. The minimum atomic E-state index is -0.655. The van der Waals surface area contributed by atoms with E-state index in [9.17, 15) is 4.79 Å². The number of rotatable bonds is 3. The summed E-state index contributed by atoms with van der Waals surface area (Å²) in [5.74, 6) is 0.867. The molecule has 9 heteroatoms. The van der Waals surface area contributed by atoms with E-state index in [1.807, 2.05) is 0 Å². The number of hydrogen-bond acceptors (Lipinski definition) is 4. The Kier molecular flexibility index (Phi) is 5.09. The Morgan fingerprint density at radius 1 is 1.04 bits per heavy atom. The number of ether oxygens (including phenoxy) is 1. The molecule has 2 aromatic carbocycles. The minimum absolute atomic E-state index is 0.332. The van der Waals surface area contributed by atoms with Crippen LogP contribution in [0.2, 0.25) is 15.2 Å². The fraction of sp³-hybridized carbons (Fsp3) is 0. The Bertz CT molecular complexity index is 1160. The summed E-state index contributed by atoms with van der Waals surface area (Å²) in [5, 5.41) is 3.87. The number of pyridine rings is 1. The van der Waals surface area contributed by atoms with Crippen molar-refractivity contribution in [3.63, 3.8) is 0 Å². The first-order valence-corrected chi connectivity index (χ1v) is 9.17. The predicted octanol–water partition coefficient (Wildman–Crippen LogP) is 6.20. The molecule has 28 heavy (non-hydrogen) atoms. The van der Waals surface area contributed by atoms with Gasteiger partial charge in [-0.3, -0.25) is 5.32 Å². The van der Waals surface area contributed by atoms with Crippen molar-refractivity contribution in [1.82, 2.24) is 15.0 Å². The van der Waals surface area contributed by atoms with E-state index in [0.29, 0.717) is 49.1 Å². The molecule has 0 spiro atoms. The highest BCUT2D eigenvalue weighted by Gasteiger charge is 2.14. The summed E-state index contributed by atoms with van der Waals surface area (Å²) >= 11 is 18.2. The molecule has 0 unspecified atom stereocenters. The van der Waals surface area contributed by atoms with Crippen LogP contribution in [-0.2, 0) is 0 Å². The van der Waals surface area contributed by atoms with Crippen molar-refractivity contribution in [3.05, 3.63) is 69.9 Å². The van der Waals surface area contributed by atoms with Crippen molar-refractivity contribution >= 4 is 57.6 Å². The number of imidazole rings is 1. The molecule has 0 aliphatic carbocycles. The molecule has 140 valence electrons. The number of hydrogen-bond donors (Lipinski definition) is 2. The third kappa shape index (κ3) is 3.89. The zero-order valence-electron chi connectivity index (χ0n) is 14.0. The lowest BCUT2D eigenvalue weighted by molar-refractivity contribution is 0.215. The van der Waals surface area contributed by atoms with Crippen LogP contribution in [0.1, 0.15) is 0 Å². The molecule has 0 radical (unpaired) electrons.